The third-order valence-corrected chi connectivity index (χ3v) is 8.54. The SMILES string of the molecule is [2H]c1c([2H])c(-c2c3ccccc3c(-c3cccc4oc5ccccc5c34)c3ccccc23)c([2H])c([2H])c1-c1cccc2ccccc12. The molecule has 0 aliphatic rings. The third-order valence-electron chi connectivity index (χ3n) is 8.54. The van der Waals surface area contributed by atoms with Crippen LogP contribution in [0.15, 0.2) is 162 Å². The maximum atomic E-state index is 9.41. The van der Waals surface area contributed by atoms with E-state index in [9.17, 15) is 5.48 Å². The molecule has 1 aromatic heterocycles. The van der Waals surface area contributed by atoms with Crippen molar-refractivity contribution in [2.45, 2.75) is 0 Å². The van der Waals surface area contributed by atoms with Gasteiger partial charge in [-0.05, 0) is 77.8 Å². The summed E-state index contributed by atoms with van der Waals surface area (Å²) in [5.74, 6) is 0. The molecule has 0 radical (unpaired) electrons. The van der Waals surface area contributed by atoms with E-state index in [1.807, 2.05) is 109 Å². The second-order valence-corrected chi connectivity index (χ2v) is 10.9. The first-order chi connectivity index (χ1) is 23.0. The van der Waals surface area contributed by atoms with Crippen molar-refractivity contribution in [2.75, 3.05) is 0 Å². The van der Waals surface area contributed by atoms with Crippen molar-refractivity contribution in [3.05, 3.63) is 158 Å². The number of hydrogen-bond donors (Lipinski definition) is 0. The number of furan rings is 1. The number of rotatable bonds is 3. The lowest BCUT2D eigenvalue weighted by Gasteiger charge is -2.18. The van der Waals surface area contributed by atoms with Crippen LogP contribution in [0.2, 0.25) is 0 Å². The highest BCUT2D eigenvalue weighted by molar-refractivity contribution is 6.25. The first-order valence-corrected chi connectivity index (χ1v) is 14.5. The van der Waals surface area contributed by atoms with Crippen molar-refractivity contribution in [3.63, 3.8) is 0 Å². The average molecular weight is 551 g/mol. The molecular weight excluding hydrogens is 520 g/mol. The van der Waals surface area contributed by atoms with Crippen molar-refractivity contribution in [2.24, 2.45) is 0 Å². The zero-order valence-electron chi connectivity index (χ0n) is 27.1. The quantitative estimate of drug-likeness (QED) is 0.199. The molecule has 0 fully saturated rings. The lowest BCUT2D eigenvalue weighted by molar-refractivity contribution is 0.669. The van der Waals surface area contributed by atoms with Crippen LogP contribution in [0.4, 0.5) is 0 Å². The fourth-order valence-electron chi connectivity index (χ4n) is 6.69. The summed E-state index contributed by atoms with van der Waals surface area (Å²) in [4.78, 5) is 0. The molecule has 1 nitrogen and oxygen atoms in total. The van der Waals surface area contributed by atoms with Crippen LogP contribution in [0.1, 0.15) is 5.48 Å². The summed E-state index contributed by atoms with van der Waals surface area (Å²) >= 11 is 0. The van der Waals surface area contributed by atoms with Gasteiger partial charge in [0.25, 0.3) is 0 Å². The second-order valence-electron chi connectivity index (χ2n) is 10.9. The minimum atomic E-state index is -0.0556. The molecule has 8 aromatic carbocycles. The van der Waals surface area contributed by atoms with Gasteiger partial charge in [-0.15, -0.1) is 0 Å². The number of benzene rings is 8. The molecule has 1 heteroatoms. The van der Waals surface area contributed by atoms with E-state index in [1.165, 1.54) is 0 Å². The Morgan fingerprint density at radius 2 is 0.860 bits per heavy atom. The topological polar surface area (TPSA) is 13.1 Å². The van der Waals surface area contributed by atoms with Gasteiger partial charge in [-0.25, -0.2) is 0 Å². The van der Waals surface area contributed by atoms with Gasteiger partial charge in [0.05, 0.1) is 5.48 Å². The Morgan fingerprint density at radius 3 is 1.58 bits per heavy atom. The summed E-state index contributed by atoms with van der Waals surface area (Å²) in [7, 11) is 0. The van der Waals surface area contributed by atoms with Crippen LogP contribution in [0, 0.1) is 0 Å². The normalized spacial score (nSPS) is 13.0. The molecule has 43 heavy (non-hydrogen) atoms. The Morgan fingerprint density at radius 1 is 0.372 bits per heavy atom. The minimum absolute atomic E-state index is 0.0516. The van der Waals surface area contributed by atoms with Gasteiger partial charge in [-0.3, -0.25) is 0 Å². The maximum absolute atomic E-state index is 9.41. The molecule has 9 aromatic rings. The van der Waals surface area contributed by atoms with E-state index in [-0.39, 0.29) is 24.2 Å². The summed E-state index contributed by atoms with van der Waals surface area (Å²) in [5, 5.41) is 7.62. The van der Waals surface area contributed by atoms with Crippen molar-refractivity contribution < 1.29 is 9.90 Å². The van der Waals surface area contributed by atoms with Gasteiger partial charge in [0, 0.05) is 10.8 Å². The summed E-state index contributed by atoms with van der Waals surface area (Å²) < 4.78 is 43.6. The molecule has 0 bridgehead atoms. The predicted molar refractivity (Wildman–Crippen MR) is 183 cm³/mol. The molecule has 0 unspecified atom stereocenters. The standard InChI is InChI=1S/C42H26O/c1-2-13-30-27(11-1)12-9-19-31(30)28-23-25-29(26-24-28)40-32-14-3-5-16-34(32)41(35-17-6-4-15-33(35)40)37-20-10-22-39-42(37)36-18-7-8-21-38(36)43-39/h1-26H/i23D,24D,25D,26D. The lowest BCUT2D eigenvalue weighted by Crippen LogP contribution is -1.91. The van der Waals surface area contributed by atoms with Gasteiger partial charge in [0.2, 0.25) is 0 Å². The molecule has 200 valence electrons. The van der Waals surface area contributed by atoms with Crippen LogP contribution in [0.25, 0.3) is 87.6 Å². The van der Waals surface area contributed by atoms with Gasteiger partial charge in [0.15, 0.2) is 0 Å². The minimum Gasteiger partial charge on any atom is -0.456 e. The van der Waals surface area contributed by atoms with Crippen LogP contribution >= 0.6 is 0 Å². The Bertz CT molecular complexity index is 2650. The van der Waals surface area contributed by atoms with Gasteiger partial charge in [-0.1, -0.05) is 145 Å². The second kappa shape index (κ2) is 9.44. The van der Waals surface area contributed by atoms with Crippen molar-refractivity contribution in [1.82, 2.24) is 0 Å². The highest BCUT2D eigenvalue weighted by atomic mass is 16.3. The van der Waals surface area contributed by atoms with Gasteiger partial charge < -0.3 is 4.42 Å². The molecule has 0 spiro atoms. The Hall–Kier alpha value is -5.66. The van der Waals surface area contributed by atoms with Gasteiger partial charge in [0.1, 0.15) is 11.2 Å². The molecule has 1 heterocycles. The molecule has 0 amide bonds. The van der Waals surface area contributed by atoms with E-state index in [0.29, 0.717) is 22.3 Å². The number of hydrogen-bond acceptors (Lipinski definition) is 1. The molecule has 0 aliphatic carbocycles. The van der Waals surface area contributed by atoms with E-state index in [4.69, 9.17) is 4.42 Å². The highest BCUT2D eigenvalue weighted by Gasteiger charge is 2.20. The zero-order valence-corrected chi connectivity index (χ0v) is 23.1. The molecule has 9 rings (SSSR count). The molecular formula is C42H26O. The van der Waals surface area contributed by atoms with Gasteiger partial charge >= 0.3 is 0 Å². The Labute approximate surface area is 254 Å². The molecule has 0 N–H and O–H groups in total. The molecule has 0 saturated carbocycles. The average Bonchev–Trinajstić information content (AvgIpc) is 3.50. The number of fused-ring (bicyclic) bond motifs is 6. The van der Waals surface area contributed by atoms with Crippen LogP contribution in [0.3, 0.4) is 0 Å². The van der Waals surface area contributed by atoms with E-state index in [2.05, 4.69) is 24.3 Å². The molecule has 0 saturated heterocycles. The van der Waals surface area contributed by atoms with Crippen molar-refractivity contribution in [1.29, 1.82) is 0 Å². The monoisotopic (exact) mass is 550 g/mol. The Balaban J connectivity index is 1.40. The number of para-hydroxylation sites is 1. The molecule has 0 aliphatic heterocycles. The van der Waals surface area contributed by atoms with E-state index in [0.717, 1.165) is 65.4 Å². The fraction of sp³-hybridized carbons (Fsp3) is 0. The first-order valence-electron chi connectivity index (χ1n) is 16.5. The summed E-state index contributed by atoms with van der Waals surface area (Å²) in [6, 6.07) is 43.8. The van der Waals surface area contributed by atoms with E-state index >= 15 is 0 Å². The maximum Gasteiger partial charge on any atom is 0.136 e. The summed E-state index contributed by atoms with van der Waals surface area (Å²) in [6.45, 7) is 0. The zero-order chi connectivity index (χ0) is 31.8. The van der Waals surface area contributed by atoms with Gasteiger partial charge in [-0.2, -0.15) is 0 Å². The van der Waals surface area contributed by atoms with Crippen LogP contribution < -0.4 is 0 Å². The predicted octanol–water partition coefficient (Wildman–Crippen LogP) is 12.0. The Kier molecular flexibility index (Phi) is 4.45. The fourth-order valence-corrected chi connectivity index (χ4v) is 6.69. The lowest BCUT2D eigenvalue weighted by atomic mass is 9.84. The largest absolute Gasteiger partial charge is 0.456 e. The smallest absolute Gasteiger partial charge is 0.136 e. The van der Waals surface area contributed by atoms with E-state index < -0.39 is 0 Å². The van der Waals surface area contributed by atoms with Crippen LogP contribution in [-0.2, 0) is 0 Å². The van der Waals surface area contributed by atoms with Crippen molar-refractivity contribution >= 4 is 54.3 Å². The summed E-state index contributed by atoms with van der Waals surface area (Å²) in [5.41, 5.74) is 5.72. The van der Waals surface area contributed by atoms with E-state index in [1.54, 1.807) is 0 Å². The first kappa shape index (κ1) is 20.3. The van der Waals surface area contributed by atoms with Crippen LogP contribution in [0.5, 0.6) is 0 Å². The summed E-state index contributed by atoms with van der Waals surface area (Å²) in [6.07, 6.45) is 0. The highest BCUT2D eigenvalue weighted by Crippen LogP contribution is 2.47. The van der Waals surface area contributed by atoms with Crippen LogP contribution in [-0.4, -0.2) is 0 Å². The third kappa shape index (κ3) is 3.65. The van der Waals surface area contributed by atoms with Crippen molar-refractivity contribution in [3.8, 4) is 33.4 Å². The molecule has 0 atom stereocenters.